The summed E-state index contributed by atoms with van der Waals surface area (Å²) in [5.74, 6) is -0.785. The van der Waals surface area contributed by atoms with Crippen LogP contribution in [0.5, 0.6) is 0 Å². The van der Waals surface area contributed by atoms with Crippen LogP contribution in [0.4, 0.5) is 0 Å². The second-order valence-corrected chi connectivity index (χ2v) is 6.84. The Morgan fingerprint density at radius 2 is 2.08 bits per heavy atom. The van der Waals surface area contributed by atoms with Crippen molar-refractivity contribution in [2.45, 2.75) is 31.5 Å². The summed E-state index contributed by atoms with van der Waals surface area (Å²) < 4.78 is 0. The molecule has 0 unspecified atom stereocenters. The standard InChI is InChI=1S/C19H20ClN3O3/c20-15-5-1-4-13(7-15)19(26)23-16-8-14(9-17(16)24)18(25)22-11-12-3-2-6-21-10-12/h1-7,10,14,16-17,24H,8-9,11H2,(H,22,25)(H,23,26)/t14-,16-,17-/m0/s1. The van der Waals surface area contributed by atoms with Crippen molar-refractivity contribution >= 4 is 23.4 Å². The topological polar surface area (TPSA) is 91.3 Å². The minimum atomic E-state index is -0.757. The van der Waals surface area contributed by atoms with Gasteiger partial charge in [0.2, 0.25) is 5.91 Å². The minimum absolute atomic E-state index is 0.132. The average molecular weight is 374 g/mol. The molecule has 1 aliphatic rings. The number of pyridine rings is 1. The number of benzene rings is 1. The van der Waals surface area contributed by atoms with Gasteiger partial charge in [-0.3, -0.25) is 14.6 Å². The third kappa shape index (κ3) is 4.59. The number of hydrogen-bond donors (Lipinski definition) is 3. The molecular formula is C19H20ClN3O3. The number of carbonyl (C=O) groups is 2. The van der Waals surface area contributed by atoms with Crippen LogP contribution >= 0.6 is 11.6 Å². The Kier molecular flexibility index (Phi) is 5.85. The fourth-order valence-electron chi connectivity index (χ4n) is 3.10. The van der Waals surface area contributed by atoms with Gasteiger partial charge in [0.05, 0.1) is 12.1 Å². The van der Waals surface area contributed by atoms with E-state index in [0.717, 1.165) is 5.56 Å². The smallest absolute Gasteiger partial charge is 0.251 e. The van der Waals surface area contributed by atoms with Crippen LogP contribution in [0.15, 0.2) is 48.8 Å². The lowest BCUT2D eigenvalue weighted by atomic mass is 10.1. The highest BCUT2D eigenvalue weighted by Crippen LogP contribution is 2.27. The highest BCUT2D eigenvalue weighted by Gasteiger charge is 2.37. The number of aromatic nitrogens is 1. The number of halogens is 1. The molecule has 2 amide bonds. The van der Waals surface area contributed by atoms with Crippen LogP contribution in [0.25, 0.3) is 0 Å². The van der Waals surface area contributed by atoms with Crippen molar-refractivity contribution in [2.24, 2.45) is 5.92 Å². The summed E-state index contributed by atoms with van der Waals surface area (Å²) in [5, 5.41) is 16.3. The number of nitrogens with zero attached hydrogens (tertiary/aromatic N) is 1. The van der Waals surface area contributed by atoms with Gasteiger partial charge in [-0.05, 0) is 42.7 Å². The molecule has 1 saturated carbocycles. The summed E-state index contributed by atoms with van der Waals surface area (Å²) in [7, 11) is 0. The molecule has 0 saturated heterocycles. The second kappa shape index (κ2) is 8.29. The molecule has 3 atom stereocenters. The van der Waals surface area contributed by atoms with Gasteiger partial charge < -0.3 is 15.7 Å². The first-order valence-electron chi connectivity index (χ1n) is 8.44. The van der Waals surface area contributed by atoms with E-state index in [-0.39, 0.29) is 17.7 Å². The Balaban J connectivity index is 1.53. The maximum Gasteiger partial charge on any atom is 0.251 e. The van der Waals surface area contributed by atoms with Gasteiger partial charge in [-0.15, -0.1) is 0 Å². The van der Waals surface area contributed by atoms with Crippen molar-refractivity contribution in [3.8, 4) is 0 Å². The molecule has 7 heteroatoms. The zero-order valence-corrected chi connectivity index (χ0v) is 14.8. The summed E-state index contributed by atoms with van der Waals surface area (Å²) in [6.45, 7) is 0.388. The van der Waals surface area contributed by atoms with Crippen molar-refractivity contribution in [2.75, 3.05) is 0 Å². The first-order chi connectivity index (χ1) is 12.5. The van der Waals surface area contributed by atoms with E-state index in [1.165, 1.54) is 0 Å². The zero-order valence-electron chi connectivity index (χ0n) is 14.1. The van der Waals surface area contributed by atoms with Gasteiger partial charge in [0.1, 0.15) is 0 Å². The molecule has 0 bridgehead atoms. The van der Waals surface area contributed by atoms with Crippen LogP contribution in [0.1, 0.15) is 28.8 Å². The normalized spacial score (nSPS) is 22.0. The monoisotopic (exact) mass is 373 g/mol. The van der Waals surface area contributed by atoms with Gasteiger partial charge >= 0.3 is 0 Å². The SMILES string of the molecule is O=C(N[C@H]1C[C@H](C(=O)NCc2cccnc2)C[C@@H]1O)c1cccc(Cl)c1. The quantitative estimate of drug-likeness (QED) is 0.746. The Morgan fingerprint density at radius 3 is 2.81 bits per heavy atom. The molecule has 3 rings (SSSR count). The minimum Gasteiger partial charge on any atom is -0.391 e. The van der Waals surface area contributed by atoms with E-state index in [1.807, 2.05) is 12.1 Å². The molecule has 0 spiro atoms. The number of nitrogens with one attached hydrogen (secondary N) is 2. The molecule has 26 heavy (non-hydrogen) atoms. The van der Waals surface area contributed by atoms with Gasteiger partial charge in [0, 0.05) is 35.4 Å². The van der Waals surface area contributed by atoms with Crippen LogP contribution in [-0.4, -0.2) is 34.1 Å². The molecule has 3 N–H and O–H groups in total. The van der Waals surface area contributed by atoms with Crippen molar-refractivity contribution < 1.29 is 14.7 Å². The maximum atomic E-state index is 12.3. The average Bonchev–Trinajstić information content (AvgIpc) is 3.01. The molecule has 0 radical (unpaired) electrons. The molecule has 2 aromatic rings. The number of rotatable bonds is 5. The van der Waals surface area contributed by atoms with Gasteiger partial charge in [0.15, 0.2) is 0 Å². The third-order valence-corrected chi connectivity index (χ3v) is 4.73. The van der Waals surface area contributed by atoms with Crippen LogP contribution in [-0.2, 0) is 11.3 Å². The highest BCUT2D eigenvalue weighted by atomic mass is 35.5. The van der Waals surface area contributed by atoms with E-state index in [0.29, 0.717) is 30.0 Å². The van der Waals surface area contributed by atoms with E-state index in [9.17, 15) is 14.7 Å². The lowest BCUT2D eigenvalue weighted by molar-refractivity contribution is -0.125. The van der Waals surface area contributed by atoms with Crippen molar-refractivity contribution in [1.82, 2.24) is 15.6 Å². The largest absolute Gasteiger partial charge is 0.391 e. The summed E-state index contributed by atoms with van der Waals surface area (Å²) in [6.07, 6.45) is 3.32. The van der Waals surface area contributed by atoms with E-state index in [4.69, 9.17) is 11.6 Å². The first kappa shape index (κ1) is 18.4. The van der Waals surface area contributed by atoms with Crippen LogP contribution < -0.4 is 10.6 Å². The molecule has 1 fully saturated rings. The Hall–Kier alpha value is -2.44. The maximum absolute atomic E-state index is 12.3. The molecule has 1 aliphatic carbocycles. The molecule has 136 valence electrons. The molecule has 1 aromatic heterocycles. The van der Waals surface area contributed by atoms with Crippen molar-refractivity contribution in [3.05, 3.63) is 64.9 Å². The molecule has 1 heterocycles. The van der Waals surface area contributed by atoms with Gasteiger partial charge in [0.25, 0.3) is 5.91 Å². The molecule has 6 nitrogen and oxygen atoms in total. The predicted molar refractivity (Wildman–Crippen MR) is 97.5 cm³/mol. The van der Waals surface area contributed by atoms with Gasteiger partial charge in [-0.25, -0.2) is 0 Å². The number of aliphatic hydroxyl groups excluding tert-OH is 1. The Morgan fingerprint density at radius 1 is 1.23 bits per heavy atom. The van der Waals surface area contributed by atoms with Gasteiger partial charge in [-0.1, -0.05) is 23.7 Å². The summed E-state index contributed by atoms with van der Waals surface area (Å²) in [5.41, 5.74) is 1.33. The van der Waals surface area contributed by atoms with Crippen LogP contribution in [0.3, 0.4) is 0 Å². The number of amides is 2. The number of hydrogen-bond acceptors (Lipinski definition) is 4. The third-order valence-electron chi connectivity index (χ3n) is 4.49. The summed E-state index contributed by atoms with van der Waals surface area (Å²) in [6, 6.07) is 9.82. The molecule has 1 aromatic carbocycles. The van der Waals surface area contributed by atoms with E-state index in [1.54, 1.807) is 36.7 Å². The lowest BCUT2D eigenvalue weighted by Gasteiger charge is -2.16. The van der Waals surface area contributed by atoms with E-state index in [2.05, 4.69) is 15.6 Å². The fourth-order valence-corrected chi connectivity index (χ4v) is 3.29. The zero-order chi connectivity index (χ0) is 18.5. The number of carbonyl (C=O) groups excluding carboxylic acids is 2. The van der Waals surface area contributed by atoms with E-state index >= 15 is 0 Å². The predicted octanol–water partition coefficient (Wildman–Crippen LogP) is 1.92. The Labute approximate surface area is 156 Å². The van der Waals surface area contributed by atoms with Crippen molar-refractivity contribution in [3.63, 3.8) is 0 Å². The first-order valence-corrected chi connectivity index (χ1v) is 8.82. The van der Waals surface area contributed by atoms with Crippen LogP contribution in [0, 0.1) is 5.92 Å². The summed E-state index contributed by atoms with van der Waals surface area (Å²) >= 11 is 5.90. The lowest BCUT2D eigenvalue weighted by Crippen LogP contribution is -2.40. The molecule has 0 aliphatic heterocycles. The highest BCUT2D eigenvalue weighted by molar-refractivity contribution is 6.30. The van der Waals surface area contributed by atoms with Crippen molar-refractivity contribution in [1.29, 1.82) is 0 Å². The van der Waals surface area contributed by atoms with Gasteiger partial charge in [-0.2, -0.15) is 0 Å². The molecular weight excluding hydrogens is 354 g/mol. The summed E-state index contributed by atoms with van der Waals surface area (Å²) in [4.78, 5) is 28.6. The number of aliphatic hydroxyl groups is 1. The Bertz CT molecular complexity index is 785. The van der Waals surface area contributed by atoms with Crippen LogP contribution in [0.2, 0.25) is 5.02 Å². The fraction of sp³-hybridized carbons (Fsp3) is 0.316. The van der Waals surface area contributed by atoms with E-state index < -0.39 is 12.1 Å². The second-order valence-electron chi connectivity index (χ2n) is 6.41.